The van der Waals surface area contributed by atoms with Crippen LogP contribution in [0.4, 0.5) is 0 Å². The van der Waals surface area contributed by atoms with E-state index in [0.29, 0.717) is 17.5 Å². The van der Waals surface area contributed by atoms with Crippen molar-refractivity contribution in [2.45, 2.75) is 41.8 Å². The van der Waals surface area contributed by atoms with Crippen LogP contribution >= 0.6 is 23.3 Å². The monoisotopic (exact) mass is 389 g/mol. The maximum atomic E-state index is 12.7. The van der Waals surface area contributed by atoms with E-state index in [9.17, 15) is 4.79 Å². The molecule has 4 heterocycles. The van der Waals surface area contributed by atoms with Crippen LogP contribution in [0.2, 0.25) is 0 Å². The number of piperidine rings is 3. The van der Waals surface area contributed by atoms with E-state index in [1.165, 1.54) is 37.5 Å². The molecule has 0 unspecified atom stereocenters. The number of methoxy groups -OCH3 is 1. The van der Waals surface area contributed by atoms with Gasteiger partial charge in [0.15, 0.2) is 5.06 Å². The molecule has 5 nitrogen and oxygen atoms in total. The molecule has 138 valence electrons. The van der Waals surface area contributed by atoms with Crippen molar-refractivity contribution in [2.75, 3.05) is 20.2 Å². The van der Waals surface area contributed by atoms with E-state index in [0.717, 1.165) is 15.0 Å². The Bertz CT molecular complexity index is 767. The first-order chi connectivity index (χ1) is 12.6. The number of amides is 1. The minimum atomic E-state index is 0.0301. The summed E-state index contributed by atoms with van der Waals surface area (Å²) in [7, 11) is 1.64. The molecule has 2 aromatic rings. The van der Waals surface area contributed by atoms with Crippen molar-refractivity contribution in [1.29, 1.82) is 0 Å². The van der Waals surface area contributed by atoms with Gasteiger partial charge in [0.1, 0.15) is 5.03 Å². The third-order valence-corrected chi connectivity index (χ3v) is 7.28. The Kier molecular flexibility index (Phi) is 5.20. The minimum absolute atomic E-state index is 0.0301. The number of rotatable bonds is 5. The van der Waals surface area contributed by atoms with Crippen molar-refractivity contribution in [2.24, 2.45) is 5.92 Å². The Morgan fingerprint density at radius 2 is 2.04 bits per heavy atom. The van der Waals surface area contributed by atoms with Crippen molar-refractivity contribution in [3.05, 3.63) is 35.9 Å². The Balaban J connectivity index is 1.39. The molecule has 1 aromatic heterocycles. The highest BCUT2D eigenvalue weighted by atomic mass is 32.2. The van der Waals surface area contributed by atoms with Crippen molar-refractivity contribution >= 4 is 29.2 Å². The lowest BCUT2D eigenvalue weighted by molar-refractivity contribution is 0.0217. The van der Waals surface area contributed by atoms with Gasteiger partial charge in [-0.1, -0.05) is 11.8 Å². The summed E-state index contributed by atoms with van der Waals surface area (Å²) < 4.78 is 9.51. The maximum Gasteiger partial charge on any atom is 0.251 e. The molecule has 2 bridgehead atoms. The molecule has 2 atom stereocenters. The summed E-state index contributed by atoms with van der Waals surface area (Å²) in [6.45, 7) is 4.58. The van der Waals surface area contributed by atoms with Crippen molar-refractivity contribution in [3.8, 4) is 5.06 Å². The molecule has 3 fully saturated rings. The van der Waals surface area contributed by atoms with Gasteiger partial charge < -0.3 is 10.1 Å². The summed E-state index contributed by atoms with van der Waals surface area (Å²) in [5.74, 6) is 0.649. The molecular weight excluding hydrogens is 366 g/mol. The largest absolute Gasteiger partial charge is 0.486 e. The predicted octanol–water partition coefficient (Wildman–Crippen LogP) is 3.52. The number of fused-ring (bicyclic) bond motifs is 3. The molecular formula is C19H23N3O2S2. The summed E-state index contributed by atoms with van der Waals surface area (Å²) in [6, 6.07) is 10.4. The van der Waals surface area contributed by atoms with Gasteiger partial charge in [0, 0.05) is 40.1 Å². The van der Waals surface area contributed by atoms with Gasteiger partial charge in [-0.2, -0.15) is 4.37 Å². The number of nitrogens with one attached hydrogen (secondary N) is 1. The van der Waals surface area contributed by atoms with E-state index in [2.05, 4.69) is 21.5 Å². The van der Waals surface area contributed by atoms with Crippen LogP contribution in [0.3, 0.4) is 0 Å². The summed E-state index contributed by atoms with van der Waals surface area (Å²) in [6.07, 6.45) is 2.39. The number of ether oxygens (including phenoxy) is 1. The first kappa shape index (κ1) is 17.8. The second kappa shape index (κ2) is 7.58. The zero-order chi connectivity index (χ0) is 18.1. The number of nitrogens with zero attached hydrogens (tertiary/aromatic N) is 2. The maximum absolute atomic E-state index is 12.7. The topological polar surface area (TPSA) is 54.5 Å². The van der Waals surface area contributed by atoms with E-state index < -0.39 is 0 Å². The molecule has 0 saturated carbocycles. The Morgan fingerprint density at radius 3 is 2.65 bits per heavy atom. The number of carbonyl (C=O) groups excluding carboxylic acids is 1. The summed E-state index contributed by atoms with van der Waals surface area (Å²) in [4.78, 5) is 16.2. The smallest absolute Gasteiger partial charge is 0.251 e. The lowest BCUT2D eigenvalue weighted by atomic mass is 9.79. The van der Waals surface area contributed by atoms with E-state index >= 15 is 0 Å². The second-order valence-electron chi connectivity index (χ2n) is 6.93. The number of hydrogen-bond acceptors (Lipinski definition) is 6. The second-order valence-corrected chi connectivity index (χ2v) is 8.79. The Hall–Kier alpha value is -1.57. The minimum Gasteiger partial charge on any atom is -0.486 e. The molecule has 0 aliphatic carbocycles. The quantitative estimate of drug-likeness (QED) is 0.848. The third-order valence-electron chi connectivity index (χ3n) is 5.48. The van der Waals surface area contributed by atoms with Crippen LogP contribution in [0.15, 0.2) is 40.3 Å². The van der Waals surface area contributed by atoms with Crippen LogP contribution in [-0.4, -0.2) is 47.5 Å². The zero-order valence-corrected chi connectivity index (χ0v) is 16.6. The fraction of sp³-hybridized carbons (Fsp3) is 0.474. The van der Waals surface area contributed by atoms with Gasteiger partial charge >= 0.3 is 0 Å². The molecule has 0 spiro atoms. The number of aromatic nitrogens is 1. The molecule has 0 radical (unpaired) electrons. The van der Waals surface area contributed by atoms with Crippen LogP contribution in [0, 0.1) is 5.92 Å². The summed E-state index contributed by atoms with van der Waals surface area (Å²) in [5.41, 5.74) is 0.717. The molecule has 7 heteroatoms. The molecule has 26 heavy (non-hydrogen) atoms. The van der Waals surface area contributed by atoms with Gasteiger partial charge in [-0.05, 0) is 63.0 Å². The van der Waals surface area contributed by atoms with Gasteiger partial charge in [0.2, 0.25) is 0 Å². The van der Waals surface area contributed by atoms with Crippen LogP contribution < -0.4 is 10.1 Å². The molecule has 3 aliphatic heterocycles. The standard InChI is InChI=1S/C19H23N3O2S2/c1-12-18(13-7-9-22(12)10-8-13)20-19(23)14-3-5-15(6-4-14)25-16-11-17(24-2)26-21-16/h3-6,11-13,18H,7-10H2,1-2H3,(H,20,23)/t12-,18+/m1/s1. The molecule has 1 N–H and O–H groups in total. The molecule has 3 aliphatic rings. The Morgan fingerprint density at radius 1 is 1.31 bits per heavy atom. The highest BCUT2D eigenvalue weighted by molar-refractivity contribution is 7.99. The highest BCUT2D eigenvalue weighted by Gasteiger charge is 2.40. The first-order valence-electron chi connectivity index (χ1n) is 8.97. The average Bonchev–Trinajstić information content (AvgIpc) is 3.13. The molecule has 3 saturated heterocycles. The average molecular weight is 390 g/mol. The van der Waals surface area contributed by atoms with E-state index in [1.807, 2.05) is 30.3 Å². The van der Waals surface area contributed by atoms with E-state index in [1.54, 1.807) is 18.9 Å². The van der Waals surface area contributed by atoms with Crippen LogP contribution in [0.5, 0.6) is 5.06 Å². The van der Waals surface area contributed by atoms with Gasteiger partial charge in [-0.3, -0.25) is 9.69 Å². The lowest BCUT2D eigenvalue weighted by Gasteiger charge is -2.49. The van der Waals surface area contributed by atoms with Gasteiger partial charge in [-0.15, -0.1) is 0 Å². The first-order valence-corrected chi connectivity index (χ1v) is 10.6. The van der Waals surface area contributed by atoms with Gasteiger partial charge in [0.25, 0.3) is 5.91 Å². The highest BCUT2D eigenvalue weighted by Crippen LogP contribution is 2.33. The van der Waals surface area contributed by atoms with E-state index in [-0.39, 0.29) is 11.9 Å². The summed E-state index contributed by atoms with van der Waals surface area (Å²) in [5, 5.41) is 4.99. The van der Waals surface area contributed by atoms with Crippen LogP contribution in [0.1, 0.15) is 30.1 Å². The SMILES string of the molecule is COc1cc(Sc2ccc(C(=O)N[C@@H]3C4CCN(CC4)[C@@H]3C)cc2)ns1. The lowest BCUT2D eigenvalue weighted by Crippen LogP contribution is -2.62. The van der Waals surface area contributed by atoms with Gasteiger partial charge in [0.05, 0.1) is 7.11 Å². The third kappa shape index (κ3) is 3.61. The normalized spacial score (nSPS) is 27.3. The van der Waals surface area contributed by atoms with Crippen molar-refractivity contribution in [1.82, 2.24) is 14.6 Å². The number of benzene rings is 1. The summed E-state index contributed by atoms with van der Waals surface area (Å²) >= 11 is 2.91. The number of hydrogen-bond donors (Lipinski definition) is 1. The van der Waals surface area contributed by atoms with Crippen molar-refractivity contribution in [3.63, 3.8) is 0 Å². The zero-order valence-electron chi connectivity index (χ0n) is 15.0. The molecule has 1 amide bonds. The fourth-order valence-electron chi connectivity index (χ4n) is 3.96. The fourth-order valence-corrected chi connectivity index (χ4v) is 5.45. The molecule has 1 aromatic carbocycles. The van der Waals surface area contributed by atoms with Gasteiger partial charge in [-0.25, -0.2) is 0 Å². The van der Waals surface area contributed by atoms with Crippen LogP contribution in [-0.2, 0) is 0 Å². The Labute approximate surface area is 162 Å². The van der Waals surface area contributed by atoms with Crippen molar-refractivity contribution < 1.29 is 9.53 Å². The predicted molar refractivity (Wildman–Crippen MR) is 104 cm³/mol. The molecule has 5 rings (SSSR count). The number of carbonyl (C=O) groups is 1. The van der Waals surface area contributed by atoms with Crippen LogP contribution in [0.25, 0.3) is 0 Å². The van der Waals surface area contributed by atoms with E-state index in [4.69, 9.17) is 4.74 Å².